The maximum Gasteiger partial charge on any atom is 0.222 e. The van der Waals surface area contributed by atoms with Gasteiger partial charge in [0.1, 0.15) is 11.8 Å². The van der Waals surface area contributed by atoms with Crippen molar-refractivity contribution in [1.29, 1.82) is 0 Å². The number of aliphatic hydroxyl groups excluding tert-OH is 1. The summed E-state index contributed by atoms with van der Waals surface area (Å²) in [6.07, 6.45) is 1.31. The molecule has 1 saturated heterocycles. The van der Waals surface area contributed by atoms with E-state index in [0.717, 1.165) is 27.6 Å². The van der Waals surface area contributed by atoms with Gasteiger partial charge < -0.3 is 10.0 Å². The summed E-state index contributed by atoms with van der Waals surface area (Å²) in [7, 11) is 0. The summed E-state index contributed by atoms with van der Waals surface area (Å²) >= 11 is 0. The van der Waals surface area contributed by atoms with Gasteiger partial charge >= 0.3 is 0 Å². The number of fused-ring (bicyclic) bond motifs is 1. The molecule has 1 amide bonds. The van der Waals surface area contributed by atoms with Crippen LogP contribution in [0.2, 0.25) is 0 Å². The second-order valence-electron chi connectivity index (χ2n) is 8.11. The van der Waals surface area contributed by atoms with Crippen molar-refractivity contribution in [2.45, 2.75) is 44.9 Å². The molecular weight excluding hydrogens is 379 g/mol. The molecule has 2 heterocycles. The molecule has 1 atom stereocenters. The Balaban J connectivity index is 1.54. The van der Waals surface area contributed by atoms with Crippen LogP contribution in [0.5, 0.6) is 0 Å². The molecule has 3 aromatic rings. The van der Waals surface area contributed by atoms with Crippen LogP contribution in [0.3, 0.4) is 0 Å². The first-order chi connectivity index (χ1) is 14.4. The summed E-state index contributed by atoms with van der Waals surface area (Å²) in [5.41, 5.74) is 2.99. The minimum atomic E-state index is -1.71. The Morgan fingerprint density at radius 1 is 1.17 bits per heavy atom. The van der Waals surface area contributed by atoms with E-state index in [9.17, 15) is 9.90 Å². The first-order valence-corrected chi connectivity index (χ1v) is 10.5. The number of benzene rings is 2. The minimum absolute atomic E-state index is 0.0381. The van der Waals surface area contributed by atoms with Crippen molar-refractivity contribution >= 4 is 16.8 Å². The number of aliphatic hydroxyl groups is 1. The van der Waals surface area contributed by atoms with Gasteiger partial charge in [0.15, 0.2) is 0 Å². The van der Waals surface area contributed by atoms with Gasteiger partial charge in [0.25, 0.3) is 0 Å². The molecule has 1 unspecified atom stereocenters. The van der Waals surface area contributed by atoms with E-state index in [1.54, 1.807) is 23.2 Å². The average Bonchev–Trinajstić information content (AvgIpc) is 2.79. The number of carbonyl (C=O) groups excluding carboxylic acids is 1. The van der Waals surface area contributed by atoms with Gasteiger partial charge in [-0.2, -0.15) is 0 Å². The van der Waals surface area contributed by atoms with E-state index in [1.165, 1.54) is 0 Å². The first-order valence-electron chi connectivity index (χ1n) is 10.5. The number of hydrogen-bond acceptors (Lipinski definition) is 3. The molecule has 4 rings (SSSR count). The number of carbonyl (C=O) groups is 1. The lowest BCUT2D eigenvalue weighted by Gasteiger charge is -2.39. The molecular formula is C25H27FN2O2. The Hall–Kier alpha value is -2.79. The van der Waals surface area contributed by atoms with Crippen LogP contribution in [-0.4, -0.2) is 39.7 Å². The summed E-state index contributed by atoms with van der Waals surface area (Å²) in [6, 6.07) is 15.5. The highest BCUT2D eigenvalue weighted by atomic mass is 19.1. The summed E-state index contributed by atoms with van der Waals surface area (Å²) in [5, 5.41) is 11.9. The number of hydrogen-bond donors (Lipinski definition) is 1. The highest BCUT2D eigenvalue weighted by molar-refractivity contribution is 5.88. The quantitative estimate of drug-likeness (QED) is 0.665. The lowest BCUT2D eigenvalue weighted by Crippen LogP contribution is -2.47. The highest BCUT2D eigenvalue weighted by Crippen LogP contribution is 2.39. The van der Waals surface area contributed by atoms with Crippen LogP contribution in [0.15, 0.2) is 54.7 Å². The monoisotopic (exact) mass is 406 g/mol. The Labute approximate surface area is 176 Å². The predicted octanol–water partition coefficient (Wildman–Crippen LogP) is 4.98. The van der Waals surface area contributed by atoms with E-state index in [4.69, 9.17) is 0 Å². The number of rotatable bonds is 4. The van der Waals surface area contributed by atoms with E-state index < -0.39 is 11.8 Å². The molecule has 4 nitrogen and oxygen atoms in total. The number of piperidine rings is 1. The summed E-state index contributed by atoms with van der Waals surface area (Å²) < 4.78 is 15.5. The van der Waals surface area contributed by atoms with Gasteiger partial charge in [-0.1, -0.05) is 49.4 Å². The van der Waals surface area contributed by atoms with E-state index >= 15 is 4.39 Å². The molecule has 0 spiro atoms. The number of likely N-dealkylation sites (tertiary alicyclic amines) is 1. The van der Waals surface area contributed by atoms with Crippen LogP contribution in [0, 0.1) is 6.92 Å². The second-order valence-corrected chi connectivity index (χ2v) is 8.11. The average molecular weight is 407 g/mol. The zero-order valence-corrected chi connectivity index (χ0v) is 17.4. The number of nitrogens with zero attached hydrogens (tertiary/aromatic N) is 2. The van der Waals surface area contributed by atoms with E-state index in [0.29, 0.717) is 25.1 Å². The Bertz CT molecular complexity index is 1060. The Morgan fingerprint density at radius 2 is 1.87 bits per heavy atom. The number of aromatic nitrogens is 1. The van der Waals surface area contributed by atoms with Crippen LogP contribution in [0.4, 0.5) is 4.39 Å². The van der Waals surface area contributed by atoms with Gasteiger partial charge in [0.05, 0.1) is 5.52 Å². The van der Waals surface area contributed by atoms with E-state index in [2.05, 4.69) is 24.0 Å². The van der Waals surface area contributed by atoms with Crippen molar-refractivity contribution in [2.24, 2.45) is 0 Å². The number of halogens is 1. The molecule has 0 saturated carbocycles. The van der Waals surface area contributed by atoms with E-state index in [-0.39, 0.29) is 18.7 Å². The van der Waals surface area contributed by atoms with Gasteiger partial charge in [-0.15, -0.1) is 0 Å². The topological polar surface area (TPSA) is 53.4 Å². The molecule has 5 heteroatoms. The molecule has 1 aromatic heterocycles. The second kappa shape index (κ2) is 8.15. The standard InChI is InChI=1S/C25H27FN2O2/c1-3-22(29)28-15-12-25(26,13-16-28)24(30)20-8-6-18(7-9-20)21-11-10-19-5-4-14-27-23(19)17(21)2/h4-11,14,24,30H,3,12-13,15-16H2,1-2H3. The third-order valence-corrected chi connectivity index (χ3v) is 6.30. The third-order valence-electron chi connectivity index (χ3n) is 6.30. The van der Waals surface area contributed by atoms with Crippen molar-refractivity contribution in [1.82, 2.24) is 9.88 Å². The maximum absolute atomic E-state index is 15.5. The van der Waals surface area contributed by atoms with Gasteiger partial charge in [-0.05, 0) is 35.2 Å². The van der Waals surface area contributed by atoms with Crippen molar-refractivity contribution in [3.8, 4) is 11.1 Å². The van der Waals surface area contributed by atoms with Crippen LogP contribution in [0.25, 0.3) is 22.0 Å². The van der Waals surface area contributed by atoms with Crippen molar-refractivity contribution in [2.75, 3.05) is 13.1 Å². The van der Waals surface area contributed by atoms with Crippen LogP contribution < -0.4 is 0 Å². The number of amides is 1. The molecule has 1 fully saturated rings. The number of aryl methyl sites for hydroxylation is 1. The molecule has 0 aliphatic carbocycles. The van der Waals surface area contributed by atoms with Gasteiger partial charge in [0, 0.05) is 43.9 Å². The zero-order chi connectivity index (χ0) is 21.3. The smallest absolute Gasteiger partial charge is 0.222 e. The number of pyridine rings is 1. The fourth-order valence-electron chi connectivity index (χ4n) is 4.37. The largest absolute Gasteiger partial charge is 0.385 e. The lowest BCUT2D eigenvalue weighted by atomic mass is 9.83. The van der Waals surface area contributed by atoms with Gasteiger partial charge in [-0.25, -0.2) is 4.39 Å². The third kappa shape index (κ3) is 3.70. The summed E-state index contributed by atoms with van der Waals surface area (Å²) in [5.74, 6) is 0.0381. The fraction of sp³-hybridized carbons (Fsp3) is 0.360. The first kappa shape index (κ1) is 20.5. The molecule has 1 N–H and O–H groups in total. The molecule has 2 aromatic carbocycles. The maximum atomic E-state index is 15.5. The molecule has 1 aliphatic rings. The molecule has 0 radical (unpaired) electrons. The SMILES string of the molecule is CCC(=O)N1CCC(F)(C(O)c2ccc(-c3ccc4cccnc4c3C)cc2)CC1. The summed E-state index contributed by atoms with van der Waals surface area (Å²) in [6.45, 7) is 4.56. The van der Waals surface area contributed by atoms with E-state index in [1.807, 2.05) is 31.2 Å². The fourth-order valence-corrected chi connectivity index (χ4v) is 4.37. The Morgan fingerprint density at radius 3 is 2.53 bits per heavy atom. The Kier molecular flexibility index (Phi) is 5.56. The number of alkyl halides is 1. The van der Waals surface area contributed by atoms with Crippen molar-refractivity contribution in [3.05, 3.63) is 65.9 Å². The molecule has 1 aliphatic heterocycles. The van der Waals surface area contributed by atoms with Crippen molar-refractivity contribution in [3.63, 3.8) is 0 Å². The van der Waals surface area contributed by atoms with Crippen LogP contribution in [-0.2, 0) is 4.79 Å². The van der Waals surface area contributed by atoms with Crippen LogP contribution in [0.1, 0.15) is 43.4 Å². The molecule has 30 heavy (non-hydrogen) atoms. The van der Waals surface area contributed by atoms with Crippen LogP contribution >= 0.6 is 0 Å². The highest BCUT2D eigenvalue weighted by Gasteiger charge is 2.42. The van der Waals surface area contributed by atoms with Gasteiger partial charge in [0.2, 0.25) is 5.91 Å². The molecule has 156 valence electrons. The lowest BCUT2D eigenvalue weighted by molar-refractivity contribution is -0.135. The van der Waals surface area contributed by atoms with Crippen molar-refractivity contribution < 1.29 is 14.3 Å². The predicted molar refractivity (Wildman–Crippen MR) is 117 cm³/mol. The van der Waals surface area contributed by atoms with Gasteiger partial charge in [-0.3, -0.25) is 9.78 Å². The normalized spacial score (nSPS) is 17.1. The minimum Gasteiger partial charge on any atom is -0.385 e. The zero-order valence-electron chi connectivity index (χ0n) is 17.4. The molecule has 0 bridgehead atoms. The summed E-state index contributed by atoms with van der Waals surface area (Å²) in [4.78, 5) is 18.0.